The molecule has 2 rings (SSSR count). The smallest absolute Gasteiger partial charge is 0.175 e. The Bertz CT molecular complexity index is 379. The van der Waals surface area contributed by atoms with Crippen LogP contribution in [0.25, 0.3) is 0 Å². The van der Waals surface area contributed by atoms with Gasteiger partial charge in [-0.05, 0) is 6.42 Å². The Morgan fingerprint density at radius 1 is 1.40 bits per heavy atom. The van der Waals surface area contributed by atoms with Crippen molar-refractivity contribution in [1.82, 2.24) is 10.2 Å². The second-order valence-electron chi connectivity index (χ2n) is 3.26. The number of halogens is 1. The molecular weight excluding hydrogens is 214 g/mol. The van der Waals surface area contributed by atoms with E-state index in [4.69, 9.17) is 17.4 Å². The summed E-state index contributed by atoms with van der Waals surface area (Å²) in [4.78, 5) is 2.14. The fourth-order valence-corrected chi connectivity index (χ4v) is 1.73. The molecule has 6 heteroatoms. The maximum atomic E-state index is 5.98. The standard InChI is InChI=1S/C9H12ClN5/c10-9-7(6-8(12-11)13-14-9)15-4-2-1-3-5-15/h1-2,6H,3-5,11H2,(H,12,13). The molecule has 0 radical (unpaired) electrons. The van der Waals surface area contributed by atoms with E-state index in [1.807, 2.05) is 0 Å². The van der Waals surface area contributed by atoms with Crippen molar-refractivity contribution in [3.05, 3.63) is 23.4 Å². The molecule has 0 fully saturated rings. The van der Waals surface area contributed by atoms with Crippen LogP contribution in [-0.2, 0) is 0 Å². The van der Waals surface area contributed by atoms with Gasteiger partial charge in [-0.25, -0.2) is 5.84 Å². The molecule has 0 saturated carbocycles. The van der Waals surface area contributed by atoms with E-state index in [0.29, 0.717) is 11.0 Å². The normalized spacial score (nSPS) is 15.5. The van der Waals surface area contributed by atoms with E-state index in [0.717, 1.165) is 25.2 Å². The first-order valence-corrected chi connectivity index (χ1v) is 5.09. The summed E-state index contributed by atoms with van der Waals surface area (Å²) in [5, 5.41) is 8.03. The first-order chi connectivity index (χ1) is 7.31. The molecule has 1 aromatic heterocycles. The van der Waals surface area contributed by atoms with Gasteiger partial charge in [0.15, 0.2) is 11.0 Å². The molecule has 80 valence electrons. The summed E-state index contributed by atoms with van der Waals surface area (Å²) in [5.74, 6) is 5.79. The van der Waals surface area contributed by atoms with Gasteiger partial charge in [-0.3, -0.25) is 0 Å². The minimum Gasteiger partial charge on any atom is -0.365 e. The summed E-state index contributed by atoms with van der Waals surface area (Å²) in [5.41, 5.74) is 3.32. The van der Waals surface area contributed by atoms with E-state index in [1.54, 1.807) is 6.07 Å². The second kappa shape index (κ2) is 4.46. The van der Waals surface area contributed by atoms with Crippen LogP contribution in [0, 0.1) is 0 Å². The number of rotatable bonds is 2. The van der Waals surface area contributed by atoms with Gasteiger partial charge in [0, 0.05) is 19.2 Å². The molecule has 5 nitrogen and oxygen atoms in total. The molecule has 1 aliphatic heterocycles. The number of hydrogen-bond acceptors (Lipinski definition) is 5. The highest BCUT2D eigenvalue weighted by Crippen LogP contribution is 2.26. The predicted molar refractivity (Wildman–Crippen MR) is 60.8 cm³/mol. The summed E-state index contributed by atoms with van der Waals surface area (Å²) in [6.45, 7) is 1.78. The van der Waals surface area contributed by atoms with Crippen LogP contribution < -0.4 is 16.2 Å². The van der Waals surface area contributed by atoms with Crippen molar-refractivity contribution in [1.29, 1.82) is 0 Å². The Labute approximate surface area is 92.9 Å². The summed E-state index contributed by atoms with van der Waals surface area (Å²) in [6.07, 6.45) is 5.28. The Balaban J connectivity index is 2.29. The van der Waals surface area contributed by atoms with Crippen LogP contribution in [0.1, 0.15) is 6.42 Å². The minimum atomic E-state index is 0.407. The molecular formula is C9H12ClN5. The maximum absolute atomic E-state index is 5.98. The highest BCUT2D eigenvalue weighted by molar-refractivity contribution is 6.32. The quantitative estimate of drug-likeness (QED) is 0.450. The third kappa shape index (κ3) is 2.19. The van der Waals surface area contributed by atoms with Crippen molar-refractivity contribution < 1.29 is 0 Å². The van der Waals surface area contributed by atoms with Crippen LogP contribution in [0.3, 0.4) is 0 Å². The van der Waals surface area contributed by atoms with Crippen molar-refractivity contribution in [2.24, 2.45) is 5.84 Å². The zero-order valence-electron chi connectivity index (χ0n) is 8.15. The number of nitrogen functional groups attached to an aromatic ring is 1. The van der Waals surface area contributed by atoms with Gasteiger partial charge in [0.05, 0.1) is 5.69 Å². The number of nitrogens with two attached hydrogens (primary N) is 1. The molecule has 2 heterocycles. The lowest BCUT2D eigenvalue weighted by Gasteiger charge is -2.25. The van der Waals surface area contributed by atoms with E-state index in [1.165, 1.54) is 0 Å². The first-order valence-electron chi connectivity index (χ1n) is 4.71. The third-order valence-electron chi connectivity index (χ3n) is 2.28. The number of nitrogens with one attached hydrogen (secondary N) is 1. The van der Waals surface area contributed by atoms with Gasteiger partial charge in [-0.2, -0.15) is 0 Å². The Kier molecular flexibility index (Phi) is 3.03. The highest BCUT2D eigenvalue weighted by atomic mass is 35.5. The lowest BCUT2D eigenvalue weighted by Crippen LogP contribution is -2.27. The van der Waals surface area contributed by atoms with Crippen molar-refractivity contribution in [3.8, 4) is 0 Å². The average molecular weight is 226 g/mol. The second-order valence-corrected chi connectivity index (χ2v) is 3.61. The molecule has 15 heavy (non-hydrogen) atoms. The number of hydrazine groups is 1. The molecule has 0 saturated heterocycles. The summed E-state index contributed by atoms with van der Waals surface area (Å²) in [6, 6.07) is 1.80. The predicted octanol–water partition coefficient (Wildman–Crippen LogP) is 1.18. The molecule has 0 atom stereocenters. The van der Waals surface area contributed by atoms with E-state index in [2.05, 4.69) is 32.7 Å². The number of aromatic nitrogens is 2. The van der Waals surface area contributed by atoms with Crippen molar-refractivity contribution in [2.75, 3.05) is 23.4 Å². The largest absolute Gasteiger partial charge is 0.365 e. The zero-order valence-corrected chi connectivity index (χ0v) is 8.91. The Hall–Kier alpha value is -1.33. The van der Waals surface area contributed by atoms with Gasteiger partial charge in [-0.15, -0.1) is 10.2 Å². The highest BCUT2D eigenvalue weighted by Gasteiger charge is 2.13. The number of hydrogen-bond donors (Lipinski definition) is 2. The van der Waals surface area contributed by atoms with Gasteiger partial charge >= 0.3 is 0 Å². The molecule has 0 bridgehead atoms. The molecule has 0 amide bonds. The van der Waals surface area contributed by atoms with E-state index >= 15 is 0 Å². The molecule has 3 N–H and O–H groups in total. The fraction of sp³-hybridized carbons (Fsp3) is 0.333. The van der Waals surface area contributed by atoms with E-state index in [-0.39, 0.29) is 0 Å². The number of nitrogens with zero attached hydrogens (tertiary/aromatic N) is 3. The van der Waals surface area contributed by atoms with Crippen LogP contribution in [0.15, 0.2) is 18.2 Å². The monoisotopic (exact) mass is 225 g/mol. The fourth-order valence-electron chi connectivity index (χ4n) is 1.52. The summed E-state index contributed by atoms with van der Waals surface area (Å²) in [7, 11) is 0. The van der Waals surface area contributed by atoms with Crippen LogP contribution in [0.4, 0.5) is 11.5 Å². The van der Waals surface area contributed by atoms with Crippen molar-refractivity contribution in [2.45, 2.75) is 6.42 Å². The zero-order chi connectivity index (χ0) is 10.7. The van der Waals surface area contributed by atoms with Crippen molar-refractivity contribution >= 4 is 23.1 Å². The molecule has 0 aliphatic carbocycles. The topological polar surface area (TPSA) is 67.1 Å². The molecule has 0 unspecified atom stereocenters. The van der Waals surface area contributed by atoms with Crippen LogP contribution >= 0.6 is 11.6 Å². The first kappa shape index (κ1) is 10.2. The van der Waals surface area contributed by atoms with Crippen LogP contribution in [0.2, 0.25) is 5.15 Å². The molecule has 1 aromatic rings. The molecule has 1 aliphatic rings. The van der Waals surface area contributed by atoms with E-state index in [9.17, 15) is 0 Å². The van der Waals surface area contributed by atoms with Gasteiger partial charge in [0.25, 0.3) is 0 Å². The van der Waals surface area contributed by atoms with Gasteiger partial charge in [-0.1, -0.05) is 23.8 Å². The average Bonchev–Trinajstić information content (AvgIpc) is 2.31. The van der Waals surface area contributed by atoms with Gasteiger partial charge in [0.2, 0.25) is 0 Å². The van der Waals surface area contributed by atoms with Gasteiger partial charge < -0.3 is 10.3 Å². The minimum absolute atomic E-state index is 0.407. The Morgan fingerprint density at radius 2 is 2.27 bits per heavy atom. The SMILES string of the molecule is NNc1cc(N2CC=CCC2)c(Cl)nn1. The summed E-state index contributed by atoms with van der Waals surface area (Å²) < 4.78 is 0. The molecule has 0 spiro atoms. The van der Waals surface area contributed by atoms with Gasteiger partial charge in [0.1, 0.15) is 0 Å². The lowest BCUT2D eigenvalue weighted by molar-refractivity contribution is 0.814. The van der Waals surface area contributed by atoms with Crippen molar-refractivity contribution in [3.63, 3.8) is 0 Å². The van der Waals surface area contributed by atoms with Crippen LogP contribution in [0.5, 0.6) is 0 Å². The van der Waals surface area contributed by atoms with E-state index < -0.39 is 0 Å². The van der Waals surface area contributed by atoms with Crippen LogP contribution in [-0.4, -0.2) is 23.3 Å². The summed E-state index contributed by atoms with van der Waals surface area (Å²) >= 11 is 5.98. The maximum Gasteiger partial charge on any atom is 0.175 e. The third-order valence-corrected chi connectivity index (χ3v) is 2.55. The Morgan fingerprint density at radius 3 is 2.93 bits per heavy atom. The number of anilines is 2. The molecule has 0 aromatic carbocycles. The lowest BCUT2D eigenvalue weighted by atomic mass is 10.2.